The van der Waals surface area contributed by atoms with E-state index >= 15 is 0 Å². The molecule has 1 aliphatic rings. The van der Waals surface area contributed by atoms with E-state index in [2.05, 4.69) is 14.7 Å². The number of aliphatic imine (C=N–C) groups is 1. The Kier molecular flexibility index (Phi) is 7.44. The second-order valence-electron chi connectivity index (χ2n) is 6.95. The van der Waals surface area contributed by atoms with Gasteiger partial charge < -0.3 is 15.2 Å². The van der Waals surface area contributed by atoms with Crippen molar-refractivity contribution in [2.24, 2.45) is 10.7 Å². The number of hydrogen-bond acceptors (Lipinski definition) is 6. The standard InChI is InChI=1S/C20H20F3N3O3.ClH/c1-19(11-28-10-18(24)26-19)14-4-2-3-13(7-14)8-17(27)16-6-5-15(9-25-16)29-12-20(21,22)23;/h2-7,9H,8,10-12H2,1H3,(H2,24,26);1H. The van der Waals surface area contributed by atoms with Crippen LogP contribution in [0.25, 0.3) is 0 Å². The zero-order valence-corrected chi connectivity index (χ0v) is 16.9. The van der Waals surface area contributed by atoms with Crippen LogP contribution in [0, 0.1) is 0 Å². The quantitative estimate of drug-likeness (QED) is 0.691. The molecule has 10 heteroatoms. The summed E-state index contributed by atoms with van der Waals surface area (Å²) in [6.45, 7) is 1.17. The van der Waals surface area contributed by atoms with Gasteiger partial charge >= 0.3 is 6.18 Å². The minimum absolute atomic E-state index is 0. The molecule has 30 heavy (non-hydrogen) atoms. The minimum atomic E-state index is -4.44. The zero-order chi connectivity index (χ0) is 21.1. The molecule has 2 aromatic rings. The van der Waals surface area contributed by atoms with E-state index in [9.17, 15) is 18.0 Å². The topological polar surface area (TPSA) is 86.8 Å². The Morgan fingerprint density at radius 3 is 2.70 bits per heavy atom. The number of rotatable bonds is 6. The molecule has 6 nitrogen and oxygen atoms in total. The third kappa shape index (κ3) is 6.17. The molecule has 0 fully saturated rings. The van der Waals surface area contributed by atoms with Crippen molar-refractivity contribution in [3.63, 3.8) is 0 Å². The molecule has 0 bridgehead atoms. The Morgan fingerprint density at radius 1 is 1.30 bits per heavy atom. The fraction of sp³-hybridized carbons (Fsp3) is 0.350. The van der Waals surface area contributed by atoms with Crippen molar-refractivity contribution in [3.8, 4) is 5.75 Å². The minimum Gasteiger partial charge on any atom is -0.483 e. The second kappa shape index (κ2) is 9.44. The number of amidine groups is 1. The average molecular weight is 444 g/mol. The second-order valence-corrected chi connectivity index (χ2v) is 6.95. The van der Waals surface area contributed by atoms with E-state index < -0.39 is 18.3 Å². The van der Waals surface area contributed by atoms with Crippen LogP contribution in [-0.4, -0.2) is 42.6 Å². The van der Waals surface area contributed by atoms with Gasteiger partial charge in [0.1, 0.15) is 29.4 Å². The molecular weight excluding hydrogens is 423 g/mol. The molecular formula is C20H21ClF3N3O3. The van der Waals surface area contributed by atoms with Gasteiger partial charge in [0.2, 0.25) is 0 Å². The third-order valence-electron chi connectivity index (χ3n) is 4.36. The monoisotopic (exact) mass is 443 g/mol. The number of nitrogens with zero attached hydrogens (tertiary/aromatic N) is 2. The summed E-state index contributed by atoms with van der Waals surface area (Å²) in [4.78, 5) is 20.9. The van der Waals surface area contributed by atoms with Gasteiger partial charge in [0.15, 0.2) is 12.4 Å². The van der Waals surface area contributed by atoms with E-state index in [0.717, 1.165) is 17.3 Å². The van der Waals surface area contributed by atoms with Crippen molar-refractivity contribution < 1.29 is 27.4 Å². The summed E-state index contributed by atoms with van der Waals surface area (Å²) in [6.07, 6.45) is -3.25. The lowest BCUT2D eigenvalue weighted by atomic mass is 9.90. The highest BCUT2D eigenvalue weighted by molar-refractivity contribution is 5.95. The van der Waals surface area contributed by atoms with Crippen LogP contribution in [0.4, 0.5) is 13.2 Å². The first-order valence-electron chi connectivity index (χ1n) is 8.85. The van der Waals surface area contributed by atoms with Gasteiger partial charge in [-0.25, -0.2) is 4.98 Å². The molecule has 1 aromatic carbocycles. The van der Waals surface area contributed by atoms with Crippen LogP contribution >= 0.6 is 12.4 Å². The maximum absolute atomic E-state index is 12.5. The molecule has 1 aromatic heterocycles. The Labute approximate surface area is 177 Å². The largest absolute Gasteiger partial charge is 0.483 e. The summed E-state index contributed by atoms with van der Waals surface area (Å²) < 4.78 is 46.6. The summed E-state index contributed by atoms with van der Waals surface area (Å²) in [5, 5.41) is 0. The molecule has 0 saturated heterocycles. The number of ether oxygens (including phenoxy) is 2. The number of benzene rings is 1. The van der Waals surface area contributed by atoms with E-state index in [1.807, 2.05) is 31.2 Å². The fourth-order valence-corrected chi connectivity index (χ4v) is 2.97. The summed E-state index contributed by atoms with van der Waals surface area (Å²) in [5.74, 6) is 0.0939. The fourth-order valence-electron chi connectivity index (χ4n) is 2.97. The maximum Gasteiger partial charge on any atom is 0.422 e. The van der Waals surface area contributed by atoms with Gasteiger partial charge in [-0.3, -0.25) is 9.79 Å². The molecule has 2 heterocycles. The highest BCUT2D eigenvalue weighted by atomic mass is 35.5. The number of alkyl halides is 3. The van der Waals surface area contributed by atoms with E-state index in [0.29, 0.717) is 19.0 Å². The van der Waals surface area contributed by atoms with Gasteiger partial charge in [0.05, 0.1) is 12.8 Å². The SMILES string of the molecule is CC1(c2cccc(CC(=O)c3ccc(OCC(F)(F)F)cn3)c2)COCC(N)=N1.Cl. The number of carbonyl (C=O) groups excluding carboxylic acids is 1. The number of aromatic nitrogens is 1. The zero-order valence-electron chi connectivity index (χ0n) is 16.1. The van der Waals surface area contributed by atoms with E-state index in [4.69, 9.17) is 10.5 Å². The number of hydrogen-bond donors (Lipinski definition) is 1. The summed E-state index contributed by atoms with van der Waals surface area (Å²) in [7, 11) is 0. The number of nitrogens with two attached hydrogens (primary N) is 1. The maximum atomic E-state index is 12.5. The van der Waals surface area contributed by atoms with Crippen LogP contribution in [-0.2, 0) is 16.7 Å². The van der Waals surface area contributed by atoms with Crippen molar-refractivity contribution in [3.05, 3.63) is 59.4 Å². The molecule has 3 rings (SSSR count). The number of Topliss-reactive ketones (excluding diaryl/α,β-unsaturated/α-hetero) is 1. The Hall–Kier alpha value is -2.65. The van der Waals surface area contributed by atoms with E-state index in [1.165, 1.54) is 12.1 Å². The third-order valence-corrected chi connectivity index (χ3v) is 4.36. The first kappa shape index (κ1) is 23.6. The summed E-state index contributed by atoms with van der Waals surface area (Å²) in [6, 6.07) is 10.0. The normalized spacial score (nSPS) is 18.9. The Bertz CT molecular complexity index is 920. The molecule has 0 spiro atoms. The van der Waals surface area contributed by atoms with Crippen molar-refractivity contribution >= 4 is 24.0 Å². The first-order valence-corrected chi connectivity index (χ1v) is 8.85. The van der Waals surface area contributed by atoms with Gasteiger partial charge in [0.25, 0.3) is 0 Å². The molecule has 1 aliphatic heterocycles. The smallest absolute Gasteiger partial charge is 0.422 e. The van der Waals surface area contributed by atoms with Crippen LogP contribution in [0.15, 0.2) is 47.6 Å². The molecule has 2 N–H and O–H groups in total. The number of ketones is 1. The number of halogens is 4. The predicted molar refractivity (Wildman–Crippen MR) is 107 cm³/mol. The molecule has 0 amide bonds. The highest BCUT2D eigenvalue weighted by Gasteiger charge is 2.30. The molecule has 1 unspecified atom stereocenters. The van der Waals surface area contributed by atoms with Crippen molar-refractivity contribution in [2.75, 3.05) is 19.8 Å². The summed E-state index contributed by atoms with van der Waals surface area (Å²) in [5.41, 5.74) is 6.93. The Morgan fingerprint density at radius 2 is 2.07 bits per heavy atom. The van der Waals surface area contributed by atoms with Crippen molar-refractivity contribution in [1.82, 2.24) is 4.98 Å². The molecule has 0 radical (unpaired) electrons. The first-order chi connectivity index (χ1) is 13.6. The molecule has 0 aliphatic carbocycles. The van der Waals surface area contributed by atoms with Gasteiger partial charge in [-0.2, -0.15) is 13.2 Å². The van der Waals surface area contributed by atoms with E-state index in [1.54, 1.807) is 0 Å². The number of pyridine rings is 1. The lowest BCUT2D eigenvalue weighted by Gasteiger charge is -2.30. The lowest BCUT2D eigenvalue weighted by Crippen LogP contribution is -2.37. The van der Waals surface area contributed by atoms with E-state index in [-0.39, 0.29) is 36.1 Å². The predicted octanol–water partition coefficient (Wildman–Crippen LogP) is 3.47. The summed E-state index contributed by atoms with van der Waals surface area (Å²) >= 11 is 0. The van der Waals surface area contributed by atoms with Crippen molar-refractivity contribution in [2.45, 2.75) is 25.1 Å². The molecule has 1 atom stereocenters. The van der Waals surface area contributed by atoms with Gasteiger partial charge in [-0.05, 0) is 30.2 Å². The molecule has 162 valence electrons. The van der Waals surface area contributed by atoms with Gasteiger partial charge in [-0.15, -0.1) is 12.4 Å². The van der Waals surface area contributed by atoms with Crippen LogP contribution in [0.2, 0.25) is 0 Å². The lowest BCUT2D eigenvalue weighted by molar-refractivity contribution is -0.153. The van der Waals surface area contributed by atoms with Crippen molar-refractivity contribution in [1.29, 1.82) is 0 Å². The van der Waals surface area contributed by atoms with Gasteiger partial charge in [-0.1, -0.05) is 24.3 Å². The van der Waals surface area contributed by atoms with Crippen LogP contribution in [0.1, 0.15) is 28.5 Å². The highest BCUT2D eigenvalue weighted by Crippen LogP contribution is 2.29. The van der Waals surface area contributed by atoms with Crippen LogP contribution < -0.4 is 10.5 Å². The van der Waals surface area contributed by atoms with Gasteiger partial charge in [0, 0.05) is 6.42 Å². The van der Waals surface area contributed by atoms with Crippen LogP contribution in [0.5, 0.6) is 5.75 Å². The molecule has 0 saturated carbocycles. The number of carbonyl (C=O) groups is 1. The Balaban J connectivity index is 0.00000320. The average Bonchev–Trinajstić information content (AvgIpc) is 2.66. The van der Waals surface area contributed by atoms with Crippen LogP contribution in [0.3, 0.4) is 0 Å².